The van der Waals surface area contributed by atoms with Crippen molar-refractivity contribution in [3.05, 3.63) is 16.5 Å². The normalized spacial score (nSPS) is 12.9. The lowest BCUT2D eigenvalue weighted by molar-refractivity contribution is 0.141. The van der Waals surface area contributed by atoms with Crippen molar-refractivity contribution < 1.29 is 17.6 Å². The molecule has 1 heterocycles. The first-order chi connectivity index (χ1) is 8.22. The maximum atomic E-state index is 12.2. The molecule has 0 aromatic carbocycles. The van der Waals surface area contributed by atoms with E-state index in [4.69, 9.17) is 14.9 Å². The molecule has 18 heavy (non-hydrogen) atoms. The molecule has 0 fully saturated rings. The number of rotatable bonds is 6. The van der Waals surface area contributed by atoms with Gasteiger partial charge in [0.1, 0.15) is 10.7 Å². The molecule has 0 saturated carbocycles. The fourth-order valence-corrected chi connectivity index (χ4v) is 3.89. The van der Waals surface area contributed by atoms with E-state index in [0.717, 1.165) is 0 Å². The predicted molar refractivity (Wildman–Crippen MR) is 70.6 cm³/mol. The number of sulfonamides is 1. The van der Waals surface area contributed by atoms with E-state index in [1.54, 1.807) is 13.8 Å². The third-order valence-corrected chi connectivity index (χ3v) is 4.67. The van der Waals surface area contributed by atoms with Crippen molar-refractivity contribution in [2.45, 2.75) is 30.8 Å². The number of methoxy groups -OCH3 is 1. The Balaban J connectivity index is 3.03. The maximum Gasteiger partial charge on any atom is 0.245 e. The summed E-state index contributed by atoms with van der Waals surface area (Å²) in [7, 11) is -2.18. The van der Waals surface area contributed by atoms with Crippen molar-refractivity contribution >= 4 is 26.0 Å². The molecule has 104 valence electrons. The first-order valence-corrected chi connectivity index (χ1v) is 7.50. The van der Waals surface area contributed by atoms with Crippen LogP contribution in [0.4, 0.5) is 0 Å². The van der Waals surface area contributed by atoms with E-state index in [1.165, 1.54) is 13.2 Å². The van der Waals surface area contributed by atoms with Crippen LogP contribution in [0.1, 0.15) is 19.6 Å². The summed E-state index contributed by atoms with van der Waals surface area (Å²) >= 11 is 3.07. The number of hydrogen-bond donors (Lipinski definition) is 2. The minimum absolute atomic E-state index is 0.0344. The summed E-state index contributed by atoms with van der Waals surface area (Å²) in [6.07, 6.45) is 0. The van der Waals surface area contributed by atoms with E-state index in [0.29, 0.717) is 5.76 Å². The van der Waals surface area contributed by atoms with Crippen LogP contribution in [-0.4, -0.2) is 27.7 Å². The van der Waals surface area contributed by atoms with Gasteiger partial charge in [0.2, 0.25) is 10.0 Å². The first-order valence-electron chi connectivity index (χ1n) is 5.23. The lowest BCUT2D eigenvalue weighted by Gasteiger charge is -2.24. The molecule has 0 aliphatic heterocycles. The molecule has 0 unspecified atom stereocenters. The summed E-state index contributed by atoms with van der Waals surface area (Å²) in [5, 5.41) is 0. The molecule has 0 radical (unpaired) electrons. The van der Waals surface area contributed by atoms with Crippen LogP contribution in [0.25, 0.3) is 0 Å². The van der Waals surface area contributed by atoms with Gasteiger partial charge in [0.05, 0.1) is 18.7 Å². The van der Waals surface area contributed by atoms with Crippen LogP contribution >= 0.6 is 15.9 Å². The van der Waals surface area contributed by atoms with Gasteiger partial charge >= 0.3 is 0 Å². The Morgan fingerprint density at radius 3 is 2.61 bits per heavy atom. The van der Waals surface area contributed by atoms with Gasteiger partial charge in [-0.05, 0) is 29.8 Å². The highest BCUT2D eigenvalue weighted by Gasteiger charge is 2.29. The molecule has 3 N–H and O–H groups in total. The van der Waals surface area contributed by atoms with Crippen molar-refractivity contribution in [1.82, 2.24) is 4.72 Å². The van der Waals surface area contributed by atoms with E-state index in [9.17, 15) is 8.42 Å². The summed E-state index contributed by atoms with van der Waals surface area (Å²) in [4.78, 5) is 0.0344. The van der Waals surface area contributed by atoms with E-state index < -0.39 is 15.6 Å². The smallest absolute Gasteiger partial charge is 0.245 e. The number of furan rings is 1. The largest absolute Gasteiger partial charge is 0.452 e. The summed E-state index contributed by atoms with van der Waals surface area (Å²) in [5.41, 5.74) is 4.69. The highest BCUT2D eigenvalue weighted by Crippen LogP contribution is 2.26. The number of halogens is 1. The van der Waals surface area contributed by atoms with Crippen LogP contribution < -0.4 is 10.5 Å². The van der Waals surface area contributed by atoms with Gasteiger partial charge < -0.3 is 14.9 Å². The van der Waals surface area contributed by atoms with Crippen molar-refractivity contribution in [3.63, 3.8) is 0 Å². The van der Waals surface area contributed by atoms with Crippen molar-refractivity contribution in [1.29, 1.82) is 0 Å². The molecule has 0 saturated heterocycles. The van der Waals surface area contributed by atoms with Crippen LogP contribution in [0.3, 0.4) is 0 Å². The first kappa shape index (κ1) is 15.6. The molecular formula is C10H17BrN2O4S. The van der Waals surface area contributed by atoms with Gasteiger partial charge in [-0.1, -0.05) is 0 Å². The minimum Gasteiger partial charge on any atom is -0.452 e. The summed E-state index contributed by atoms with van der Waals surface area (Å²) in [5.74, 6) is 0.395. The third-order valence-electron chi connectivity index (χ3n) is 2.11. The van der Waals surface area contributed by atoms with Crippen LogP contribution in [-0.2, 0) is 21.3 Å². The van der Waals surface area contributed by atoms with Crippen molar-refractivity contribution in [3.8, 4) is 0 Å². The lowest BCUT2D eigenvalue weighted by atomic mass is 10.1. The number of hydrogen-bond acceptors (Lipinski definition) is 5. The number of nitrogens with one attached hydrogen (secondary N) is 1. The zero-order valence-corrected chi connectivity index (χ0v) is 12.9. The molecule has 0 bridgehead atoms. The van der Waals surface area contributed by atoms with Gasteiger partial charge in [-0.15, -0.1) is 0 Å². The predicted octanol–water partition coefficient (Wildman–Crippen LogP) is 1.20. The van der Waals surface area contributed by atoms with E-state index in [1.807, 2.05) is 0 Å². The Morgan fingerprint density at radius 1 is 1.56 bits per heavy atom. The highest BCUT2D eigenvalue weighted by atomic mass is 79.9. The Bertz CT molecular complexity index is 510. The van der Waals surface area contributed by atoms with Crippen LogP contribution in [0.15, 0.2) is 20.0 Å². The molecule has 6 nitrogen and oxygen atoms in total. The van der Waals surface area contributed by atoms with Gasteiger partial charge in [-0.25, -0.2) is 13.1 Å². The van der Waals surface area contributed by atoms with Crippen molar-refractivity contribution in [2.24, 2.45) is 5.73 Å². The standard InChI is InChI=1S/C10H17BrN2O4S/c1-10(2,6-16-3)13-18(14,15)8-4-7(5-12)17-9(8)11/h4,13H,5-6,12H2,1-3H3. The van der Waals surface area contributed by atoms with Crippen LogP contribution in [0.2, 0.25) is 0 Å². The number of ether oxygens (including phenoxy) is 1. The molecule has 0 atom stereocenters. The van der Waals surface area contributed by atoms with Gasteiger partial charge in [0.15, 0.2) is 4.67 Å². The minimum atomic E-state index is -3.69. The second kappa shape index (κ2) is 5.70. The lowest BCUT2D eigenvalue weighted by Crippen LogP contribution is -2.46. The second-order valence-electron chi connectivity index (χ2n) is 4.48. The number of nitrogens with two attached hydrogens (primary N) is 1. The Kier molecular flexibility index (Phi) is 4.96. The molecule has 1 aromatic heterocycles. The SMILES string of the molecule is COCC(C)(C)NS(=O)(=O)c1cc(CN)oc1Br. The molecular weight excluding hydrogens is 324 g/mol. The average Bonchev–Trinajstić information content (AvgIpc) is 2.58. The van der Waals surface area contributed by atoms with E-state index in [-0.39, 0.29) is 22.7 Å². The van der Waals surface area contributed by atoms with Gasteiger partial charge in [0.25, 0.3) is 0 Å². The Morgan fingerprint density at radius 2 is 2.17 bits per heavy atom. The van der Waals surface area contributed by atoms with Crippen LogP contribution in [0, 0.1) is 0 Å². The monoisotopic (exact) mass is 340 g/mol. The quantitative estimate of drug-likeness (QED) is 0.811. The zero-order chi connectivity index (χ0) is 14.0. The molecule has 8 heteroatoms. The zero-order valence-electron chi connectivity index (χ0n) is 10.5. The molecule has 0 amide bonds. The Labute approximate surface area is 115 Å². The van der Waals surface area contributed by atoms with Gasteiger partial charge in [-0.3, -0.25) is 0 Å². The molecule has 0 aliphatic rings. The fraction of sp³-hybridized carbons (Fsp3) is 0.600. The van der Waals surface area contributed by atoms with E-state index in [2.05, 4.69) is 20.7 Å². The summed E-state index contributed by atoms with van der Waals surface area (Å²) < 4.78 is 37.2. The molecule has 0 aliphatic carbocycles. The van der Waals surface area contributed by atoms with Crippen molar-refractivity contribution in [2.75, 3.05) is 13.7 Å². The molecule has 1 aromatic rings. The summed E-state index contributed by atoms with van der Waals surface area (Å²) in [6.45, 7) is 3.85. The maximum absolute atomic E-state index is 12.2. The molecule has 1 rings (SSSR count). The summed E-state index contributed by atoms with van der Waals surface area (Å²) in [6, 6.07) is 1.40. The van der Waals surface area contributed by atoms with Gasteiger partial charge in [-0.2, -0.15) is 0 Å². The average molecular weight is 341 g/mol. The fourth-order valence-electron chi connectivity index (χ4n) is 1.49. The van der Waals surface area contributed by atoms with Gasteiger partial charge in [0, 0.05) is 13.2 Å². The Hall–Kier alpha value is -0.410. The molecule has 0 spiro atoms. The second-order valence-corrected chi connectivity index (χ2v) is 6.85. The highest BCUT2D eigenvalue weighted by molar-refractivity contribution is 9.10. The topological polar surface area (TPSA) is 94.6 Å². The van der Waals surface area contributed by atoms with Crippen LogP contribution in [0.5, 0.6) is 0 Å². The van der Waals surface area contributed by atoms with E-state index >= 15 is 0 Å². The third kappa shape index (κ3) is 3.79.